The molecule has 8 nitrogen and oxygen atoms in total. The number of nitrogens with zero attached hydrogens (tertiary/aromatic N) is 3. The smallest absolute Gasteiger partial charge is 0.250 e. The average Bonchev–Trinajstić information content (AvgIpc) is 2.86. The first-order valence-electron chi connectivity index (χ1n) is 15.1. The molecule has 0 radical (unpaired) electrons. The van der Waals surface area contributed by atoms with Crippen LogP contribution in [0.3, 0.4) is 0 Å². The van der Waals surface area contributed by atoms with Gasteiger partial charge in [-0.05, 0) is 31.6 Å². The summed E-state index contributed by atoms with van der Waals surface area (Å²) in [5.41, 5.74) is 0. The summed E-state index contributed by atoms with van der Waals surface area (Å²) in [5, 5.41) is 3.35. The molecule has 1 spiro atoms. The second kappa shape index (κ2) is 12.7. The third kappa shape index (κ3) is 7.68. The summed E-state index contributed by atoms with van der Waals surface area (Å²) in [6.07, 6.45) is 2.42. The van der Waals surface area contributed by atoms with E-state index in [1.807, 2.05) is 16.7 Å². The number of carbonyl (C=O) groups excluding carboxylic acids is 2. The van der Waals surface area contributed by atoms with Crippen LogP contribution in [0.1, 0.15) is 73.1 Å². The molecule has 4 rings (SSSR count). The fourth-order valence-electron chi connectivity index (χ4n) is 6.65. The van der Waals surface area contributed by atoms with Gasteiger partial charge in [-0.3, -0.25) is 9.59 Å². The SMILES string of the molecule is CC(C)CC(C(=O)N1CCC2(C[C@@H]1C)OCC(CN1CCC(F)(F)CC1)CO2)N1CCN[C@@H](CC(C)C)C1=O. The highest BCUT2D eigenvalue weighted by Gasteiger charge is 2.47. The van der Waals surface area contributed by atoms with Gasteiger partial charge in [0.15, 0.2) is 5.79 Å². The Balaban J connectivity index is 1.33. The zero-order valence-corrected chi connectivity index (χ0v) is 24.6. The van der Waals surface area contributed by atoms with E-state index in [9.17, 15) is 18.4 Å². The summed E-state index contributed by atoms with van der Waals surface area (Å²) in [6, 6.07) is -0.770. The number of nitrogens with one attached hydrogen (secondary N) is 1. The lowest BCUT2D eigenvalue weighted by atomic mass is 9.92. The summed E-state index contributed by atoms with van der Waals surface area (Å²) < 4.78 is 39.6. The van der Waals surface area contributed by atoms with E-state index in [1.165, 1.54) is 0 Å². The molecule has 224 valence electrons. The lowest BCUT2D eigenvalue weighted by molar-refractivity contribution is -0.303. The van der Waals surface area contributed by atoms with Crippen molar-refractivity contribution in [2.75, 3.05) is 52.5 Å². The van der Waals surface area contributed by atoms with Gasteiger partial charge in [0.2, 0.25) is 11.8 Å². The van der Waals surface area contributed by atoms with Crippen molar-refractivity contribution < 1.29 is 27.8 Å². The van der Waals surface area contributed by atoms with Gasteiger partial charge in [0.25, 0.3) is 5.92 Å². The highest BCUT2D eigenvalue weighted by atomic mass is 19.3. The van der Waals surface area contributed by atoms with Gasteiger partial charge in [-0.1, -0.05) is 27.7 Å². The molecule has 0 aliphatic carbocycles. The number of amides is 2. The lowest BCUT2D eigenvalue weighted by Gasteiger charge is -2.50. The van der Waals surface area contributed by atoms with Crippen molar-refractivity contribution in [1.29, 1.82) is 0 Å². The Labute approximate surface area is 233 Å². The molecule has 4 fully saturated rings. The topological polar surface area (TPSA) is 74.4 Å². The van der Waals surface area contributed by atoms with Gasteiger partial charge in [0, 0.05) is 76.9 Å². The molecule has 0 saturated carbocycles. The molecule has 1 unspecified atom stereocenters. The average molecular weight is 557 g/mol. The lowest BCUT2D eigenvalue weighted by Crippen LogP contribution is -2.64. The Hall–Kier alpha value is -1.36. The predicted octanol–water partition coefficient (Wildman–Crippen LogP) is 3.35. The molecular weight excluding hydrogens is 506 g/mol. The number of piperidine rings is 2. The van der Waals surface area contributed by atoms with Crippen molar-refractivity contribution in [3.63, 3.8) is 0 Å². The van der Waals surface area contributed by atoms with E-state index >= 15 is 0 Å². The first kappa shape index (κ1) is 30.6. The van der Waals surface area contributed by atoms with E-state index in [4.69, 9.17) is 9.47 Å². The maximum Gasteiger partial charge on any atom is 0.250 e. The minimum Gasteiger partial charge on any atom is -0.349 e. The third-order valence-corrected chi connectivity index (χ3v) is 8.81. The molecular formula is C29H50F2N4O4. The molecule has 10 heteroatoms. The van der Waals surface area contributed by atoms with E-state index in [1.54, 1.807) is 0 Å². The Kier molecular flexibility index (Phi) is 9.93. The second-order valence-electron chi connectivity index (χ2n) is 13.2. The van der Waals surface area contributed by atoms with Crippen LogP contribution in [0.4, 0.5) is 8.78 Å². The van der Waals surface area contributed by atoms with E-state index in [0.717, 1.165) is 6.42 Å². The molecule has 4 saturated heterocycles. The van der Waals surface area contributed by atoms with Crippen LogP contribution in [0.5, 0.6) is 0 Å². The predicted molar refractivity (Wildman–Crippen MR) is 145 cm³/mol. The zero-order chi connectivity index (χ0) is 28.4. The van der Waals surface area contributed by atoms with Gasteiger partial charge in [-0.25, -0.2) is 8.78 Å². The fraction of sp³-hybridized carbons (Fsp3) is 0.931. The molecule has 0 bridgehead atoms. The van der Waals surface area contributed by atoms with Gasteiger partial charge in [0.05, 0.1) is 19.3 Å². The number of hydrogen-bond acceptors (Lipinski definition) is 6. The standard InChI is InChI=1S/C29H50F2N4O4/c1-20(2)14-24-26(36)35(13-9-32-24)25(15-21(3)4)27(37)34-12-8-29(16-22(34)5)38-18-23(19-39-29)17-33-10-6-28(30,31)7-11-33/h20-25,32H,6-19H2,1-5H3/t22-,23?,24-,25?,29?/m0/s1. The number of likely N-dealkylation sites (tertiary alicyclic amines) is 2. The van der Waals surface area contributed by atoms with Gasteiger partial charge < -0.3 is 29.5 Å². The van der Waals surface area contributed by atoms with Crippen molar-refractivity contribution in [3.8, 4) is 0 Å². The molecule has 0 aromatic rings. The van der Waals surface area contributed by atoms with Gasteiger partial charge >= 0.3 is 0 Å². The van der Waals surface area contributed by atoms with Crippen LogP contribution in [-0.4, -0.2) is 109 Å². The van der Waals surface area contributed by atoms with Crippen molar-refractivity contribution >= 4 is 11.8 Å². The molecule has 39 heavy (non-hydrogen) atoms. The van der Waals surface area contributed by atoms with Crippen molar-refractivity contribution in [2.24, 2.45) is 17.8 Å². The van der Waals surface area contributed by atoms with Gasteiger partial charge in [-0.2, -0.15) is 0 Å². The molecule has 4 heterocycles. The summed E-state index contributed by atoms with van der Waals surface area (Å²) in [5.74, 6) is -2.34. The molecule has 1 N–H and O–H groups in total. The number of ether oxygens (including phenoxy) is 2. The Morgan fingerprint density at radius 1 is 1.03 bits per heavy atom. The number of carbonyl (C=O) groups is 2. The first-order chi connectivity index (χ1) is 18.4. The van der Waals surface area contributed by atoms with Crippen molar-refractivity contribution in [3.05, 3.63) is 0 Å². The molecule has 3 atom stereocenters. The third-order valence-electron chi connectivity index (χ3n) is 8.81. The quantitative estimate of drug-likeness (QED) is 0.495. The van der Waals surface area contributed by atoms with Crippen molar-refractivity contribution in [1.82, 2.24) is 20.0 Å². The van der Waals surface area contributed by atoms with Gasteiger partial charge in [0.1, 0.15) is 6.04 Å². The highest BCUT2D eigenvalue weighted by molar-refractivity contribution is 5.90. The van der Waals surface area contributed by atoms with Crippen LogP contribution in [0.25, 0.3) is 0 Å². The molecule has 0 aromatic heterocycles. The maximum absolute atomic E-state index is 14.0. The minimum atomic E-state index is -2.54. The maximum atomic E-state index is 14.0. The molecule has 4 aliphatic rings. The number of alkyl halides is 2. The van der Waals surface area contributed by atoms with Crippen LogP contribution < -0.4 is 5.32 Å². The summed E-state index contributed by atoms with van der Waals surface area (Å²) in [4.78, 5) is 33.2. The van der Waals surface area contributed by atoms with Crippen molar-refractivity contribution in [2.45, 2.75) is 103 Å². The van der Waals surface area contributed by atoms with Gasteiger partial charge in [-0.15, -0.1) is 0 Å². The number of rotatable bonds is 8. The fourth-order valence-corrected chi connectivity index (χ4v) is 6.65. The minimum absolute atomic E-state index is 0.0279. The zero-order valence-electron chi connectivity index (χ0n) is 24.6. The monoisotopic (exact) mass is 556 g/mol. The number of piperazine rings is 1. The van der Waals surface area contributed by atoms with E-state index in [2.05, 4.69) is 37.9 Å². The highest BCUT2D eigenvalue weighted by Crippen LogP contribution is 2.37. The summed E-state index contributed by atoms with van der Waals surface area (Å²) >= 11 is 0. The molecule has 4 aliphatic heterocycles. The van der Waals surface area contributed by atoms with Crippen LogP contribution in [-0.2, 0) is 19.1 Å². The number of halogens is 2. The van der Waals surface area contributed by atoms with Crippen LogP contribution in [0.15, 0.2) is 0 Å². The van der Waals surface area contributed by atoms with E-state index in [0.29, 0.717) is 77.7 Å². The normalized spacial score (nSPS) is 33.3. The summed E-state index contributed by atoms with van der Waals surface area (Å²) in [6.45, 7) is 14.8. The first-order valence-corrected chi connectivity index (χ1v) is 15.1. The van der Waals surface area contributed by atoms with Crippen LogP contribution in [0.2, 0.25) is 0 Å². The van der Waals surface area contributed by atoms with E-state index in [-0.39, 0.29) is 48.6 Å². The van der Waals surface area contributed by atoms with Crippen LogP contribution >= 0.6 is 0 Å². The Morgan fingerprint density at radius 2 is 1.69 bits per heavy atom. The molecule has 2 amide bonds. The Morgan fingerprint density at radius 3 is 2.28 bits per heavy atom. The largest absolute Gasteiger partial charge is 0.349 e. The summed E-state index contributed by atoms with van der Waals surface area (Å²) in [7, 11) is 0. The second-order valence-corrected chi connectivity index (χ2v) is 13.2. The van der Waals surface area contributed by atoms with Crippen LogP contribution in [0, 0.1) is 17.8 Å². The Bertz CT molecular complexity index is 839. The molecule has 0 aromatic carbocycles. The van der Waals surface area contributed by atoms with E-state index < -0.39 is 17.8 Å². The number of hydrogen-bond donors (Lipinski definition) is 1.